The molecular weight excluding hydrogens is 328 g/mol. The Bertz CT molecular complexity index is 662. The highest BCUT2D eigenvalue weighted by Gasteiger charge is 2.18. The van der Waals surface area contributed by atoms with Gasteiger partial charge in [-0.05, 0) is 48.9 Å². The lowest BCUT2D eigenvalue weighted by molar-refractivity contribution is -0.122. The Balaban J connectivity index is 2.04. The third kappa shape index (κ3) is 4.36. The number of ether oxygens (including phenoxy) is 1. The fourth-order valence-electron chi connectivity index (χ4n) is 1.80. The predicted molar refractivity (Wildman–Crippen MR) is 86.2 cm³/mol. The minimum absolute atomic E-state index is 0.315. The summed E-state index contributed by atoms with van der Waals surface area (Å²) in [5.41, 5.74) is 0.528. The largest absolute Gasteiger partial charge is 0.481 e. The fraction of sp³-hybridized carbons (Fsp3) is 0.188. The Morgan fingerprint density at radius 3 is 2.45 bits per heavy atom. The molecule has 0 spiro atoms. The Morgan fingerprint density at radius 1 is 1.18 bits per heavy atom. The van der Waals surface area contributed by atoms with Gasteiger partial charge in [-0.15, -0.1) is 0 Å². The molecule has 1 amide bonds. The normalized spacial score (nSPS) is 11.8. The maximum atomic E-state index is 12.9. The Hall–Kier alpha value is -1.78. The highest BCUT2D eigenvalue weighted by Crippen LogP contribution is 2.25. The van der Waals surface area contributed by atoms with Crippen LogP contribution in [0.2, 0.25) is 10.0 Å². The lowest BCUT2D eigenvalue weighted by Gasteiger charge is -2.17. The molecule has 0 aliphatic heterocycles. The zero-order chi connectivity index (χ0) is 16.1. The smallest absolute Gasteiger partial charge is 0.265 e. The van der Waals surface area contributed by atoms with Gasteiger partial charge in [-0.25, -0.2) is 4.39 Å². The zero-order valence-electron chi connectivity index (χ0n) is 11.8. The first-order chi connectivity index (χ1) is 10.5. The number of halogens is 3. The van der Waals surface area contributed by atoms with Gasteiger partial charge in [0.25, 0.3) is 5.91 Å². The fourth-order valence-corrected chi connectivity index (χ4v) is 2.09. The number of carbonyl (C=O) groups is 1. The maximum absolute atomic E-state index is 12.9. The number of hydrogen-bond donors (Lipinski definition) is 1. The van der Waals surface area contributed by atoms with Gasteiger partial charge in [0.05, 0.1) is 10.0 Å². The van der Waals surface area contributed by atoms with Crippen molar-refractivity contribution < 1.29 is 13.9 Å². The summed E-state index contributed by atoms with van der Waals surface area (Å²) in [5, 5.41) is 3.48. The number of anilines is 1. The zero-order valence-corrected chi connectivity index (χ0v) is 13.3. The van der Waals surface area contributed by atoms with Gasteiger partial charge in [0.15, 0.2) is 6.10 Å². The first-order valence-corrected chi connectivity index (χ1v) is 7.43. The standard InChI is InChI=1S/C16H14Cl2FNO2/c1-2-15(22-12-6-3-10(19)4-7-12)16(21)20-11-5-8-13(17)14(18)9-11/h3-9,15H,2H2,1H3,(H,20,21). The molecule has 0 saturated carbocycles. The maximum Gasteiger partial charge on any atom is 0.265 e. The average molecular weight is 342 g/mol. The quantitative estimate of drug-likeness (QED) is 0.837. The van der Waals surface area contributed by atoms with E-state index >= 15 is 0 Å². The van der Waals surface area contributed by atoms with Crippen LogP contribution in [0.3, 0.4) is 0 Å². The van der Waals surface area contributed by atoms with E-state index in [0.29, 0.717) is 27.9 Å². The molecule has 0 aliphatic carbocycles. The van der Waals surface area contributed by atoms with Gasteiger partial charge in [0.1, 0.15) is 11.6 Å². The summed E-state index contributed by atoms with van der Waals surface area (Å²) in [6.45, 7) is 1.82. The van der Waals surface area contributed by atoms with E-state index in [0.717, 1.165) is 0 Å². The summed E-state index contributed by atoms with van der Waals surface area (Å²) >= 11 is 11.7. The van der Waals surface area contributed by atoms with Crippen LogP contribution in [0.25, 0.3) is 0 Å². The van der Waals surface area contributed by atoms with Gasteiger partial charge in [0, 0.05) is 5.69 Å². The number of amides is 1. The first-order valence-electron chi connectivity index (χ1n) is 6.67. The Kier molecular flexibility index (Phi) is 5.63. The van der Waals surface area contributed by atoms with Crippen LogP contribution in [-0.2, 0) is 4.79 Å². The molecule has 22 heavy (non-hydrogen) atoms. The van der Waals surface area contributed by atoms with Crippen molar-refractivity contribution in [3.8, 4) is 5.75 Å². The predicted octanol–water partition coefficient (Wildman–Crippen LogP) is 4.93. The van der Waals surface area contributed by atoms with Gasteiger partial charge < -0.3 is 10.1 Å². The second-order valence-corrected chi connectivity index (χ2v) is 5.40. The van der Waals surface area contributed by atoms with Gasteiger partial charge in [-0.3, -0.25) is 4.79 Å². The van der Waals surface area contributed by atoms with E-state index in [2.05, 4.69) is 5.32 Å². The van der Waals surface area contributed by atoms with E-state index in [-0.39, 0.29) is 11.7 Å². The van der Waals surface area contributed by atoms with Crippen LogP contribution in [-0.4, -0.2) is 12.0 Å². The van der Waals surface area contributed by atoms with Crippen LogP contribution in [0.4, 0.5) is 10.1 Å². The van der Waals surface area contributed by atoms with E-state index in [4.69, 9.17) is 27.9 Å². The van der Waals surface area contributed by atoms with Gasteiger partial charge in [-0.2, -0.15) is 0 Å². The summed E-state index contributed by atoms with van der Waals surface area (Å²) in [5.74, 6) is -0.247. The molecule has 3 nitrogen and oxygen atoms in total. The number of benzene rings is 2. The van der Waals surface area contributed by atoms with Crippen LogP contribution >= 0.6 is 23.2 Å². The Morgan fingerprint density at radius 2 is 1.86 bits per heavy atom. The van der Waals surface area contributed by atoms with Crippen molar-refractivity contribution in [3.63, 3.8) is 0 Å². The number of hydrogen-bond acceptors (Lipinski definition) is 2. The highest BCUT2D eigenvalue weighted by molar-refractivity contribution is 6.42. The molecule has 0 heterocycles. The molecule has 0 fully saturated rings. The minimum atomic E-state index is -0.695. The molecule has 1 unspecified atom stereocenters. The molecule has 2 aromatic rings. The van der Waals surface area contributed by atoms with Crippen LogP contribution in [0, 0.1) is 5.82 Å². The van der Waals surface area contributed by atoms with Gasteiger partial charge >= 0.3 is 0 Å². The lowest BCUT2D eigenvalue weighted by Crippen LogP contribution is -2.32. The van der Waals surface area contributed by atoms with Crippen molar-refractivity contribution in [1.82, 2.24) is 0 Å². The summed E-state index contributed by atoms with van der Waals surface area (Å²) in [6, 6.07) is 10.3. The minimum Gasteiger partial charge on any atom is -0.481 e. The first kappa shape index (κ1) is 16.6. The van der Waals surface area contributed by atoms with Crippen molar-refractivity contribution in [2.45, 2.75) is 19.4 Å². The molecule has 0 saturated heterocycles. The van der Waals surface area contributed by atoms with Crippen molar-refractivity contribution >= 4 is 34.8 Å². The number of carbonyl (C=O) groups excluding carboxylic acids is 1. The van der Waals surface area contributed by atoms with Gasteiger partial charge in [0.2, 0.25) is 0 Å². The summed E-state index contributed by atoms with van der Waals surface area (Å²) in [7, 11) is 0. The average Bonchev–Trinajstić information content (AvgIpc) is 2.50. The number of rotatable bonds is 5. The summed E-state index contributed by atoms with van der Waals surface area (Å²) in [6.07, 6.45) is -0.232. The van der Waals surface area contributed by atoms with E-state index < -0.39 is 6.10 Å². The van der Waals surface area contributed by atoms with Gasteiger partial charge in [-0.1, -0.05) is 30.1 Å². The van der Waals surface area contributed by atoms with Crippen LogP contribution < -0.4 is 10.1 Å². The lowest BCUT2D eigenvalue weighted by atomic mass is 10.2. The molecule has 0 aromatic heterocycles. The third-order valence-corrected chi connectivity index (χ3v) is 3.68. The monoisotopic (exact) mass is 341 g/mol. The number of nitrogens with one attached hydrogen (secondary N) is 1. The molecule has 0 radical (unpaired) electrons. The summed E-state index contributed by atoms with van der Waals surface area (Å²) < 4.78 is 18.4. The van der Waals surface area contributed by atoms with Crippen molar-refractivity contribution in [1.29, 1.82) is 0 Å². The SMILES string of the molecule is CCC(Oc1ccc(F)cc1)C(=O)Nc1ccc(Cl)c(Cl)c1. The molecule has 0 bridgehead atoms. The van der Waals surface area contributed by atoms with Crippen molar-refractivity contribution in [2.24, 2.45) is 0 Å². The van der Waals surface area contributed by atoms with Crippen molar-refractivity contribution in [3.05, 3.63) is 58.3 Å². The van der Waals surface area contributed by atoms with E-state index in [9.17, 15) is 9.18 Å². The topological polar surface area (TPSA) is 38.3 Å². The van der Waals surface area contributed by atoms with E-state index in [1.807, 2.05) is 6.92 Å². The second-order valence-electron chi connectivity index (χ2n) is 4.59. The van der Waals surface area contributed by atoms with Crippen LogP contribution in [0.15, 0.2) is 42.5 Å². The molecule has 6 heteroatoms. The molecule has 2 aromatic carbocycles. The van der Waals surface area contributed by atoms with Crippen LogP contribution in [0.1, 0.15) is 13.3 Å². The molecule has 2 rings (SSSR count). The molecule has 1 atom stereocenters. The Labute approximate surface area is 138 Å². The molecule has 1 N–H and O–H groups in total. The molecule has 0 aliphatic rings. The van der Waals surface area contributed by atoms with Crippen LogP contribution in [0.5, 0.6) is 5.75 Å². The third-order valence-electron chi connectivity index (χ3n) is 2.94. The highest BCUT2D eigenvalue weighted by atomic mass is 35.5. The molecular formula is C16H14Cl2FNO2. The summed E-state index contributed by atoms with van der Waals surface area (Å²) in [4.78, 5) is 12.2. The van der Waals surface area contributed by atoms with E-state index in [1.54, 1.807) is 18.2 Å². The second kappa shape index (κ2) is 7.47. The van der Waals surface area contributed by atoms with E-state index in [1.165, 1.54) is 24.3 Å². The van der Waals surface area contributed by atoms with Crippen molar-refractivity contribution in [2.75, 3.05) is 5.32 Å². The molecule has 116 valence electrons.